The number of carbonyl (C=O) groups excluding carboxylic acids is 1. The van der Waals surface area contributed by atoms with Gasteiger partial charge < -0.3 is 9.72 Å². The van der Waals surface area contributed by atoms with Crippen molar-refractivity contribution in [1.82, 2.24) is 4.98 Å². The molecule has 0 radical (unpaired) electrons. The monoisotopic (exact) mass is 188 g/mol. The third-order valence-corrected chi connectivity index (χ3v) is 1.49. The summed E-state index contributed by atoms with van der Waals surface area (Å²) in [6, 6.07) is 3.48. The van der Waals surface area contributed by atoms with Crippen LogP contribution < -0.4 is 0 Å². The second-order valence-electron chi connectivity index (χ2n) is 2.43. The minimum atomic E-state index is -0.432. The van der Waals surface area contributed by atoms with E-state index in [9.17, 15) is 4.79 Å². The van der Waals surface area contributed by atoms with Crippen LogP contribution in [0.3, 0.4) is 0 Å². The van der Waals surface area contributed by atoms with Crippen molar-refractivity contribution >= 4 is 5.97 Å². The maximum Gasteiger partial charge on any atom is 0.354 e. The summed E-state index contributed by atoms with van der Waals surface area (Å²) in [5.74, 6) is 4.94. The Balaban J connectivity index is 2.76. The molecule has 4 heteroatoms. The fourth-order valence-electron chi connectivity index (χ4n) is 0.880. The van der Waals surface area contributed by atoms with E-state index in [-0.39, 0.29) is 6.42 Å². The van der Waals surface area contributed by atoms with E-state index in [1.54, 1.807) is 12.3 Å². The molecule has 1 heterocycles. The Morgan fingerprint density at radius 2 is 2.50 bits per heavy atom. The van der Waals surface area contributed by atoms with E-state index in [0.29, 0.717) is 11.3 Å². The summed E-state index contributed by atoms with van der Waals surface area (Å²) in [7, 11) is 1.31. The molecule has 14 heavy (non-hydrogen) atoms. The summed E-state index contributed by atoms with van der Waals surface area (Å²) >= 11 is 0. The fraction of sp³-hybridized carbons (Fsp3) is 0.200. The van der Waals surface area contributed by atoms with E-state index >= 15 is 0 Å². The third kappa shape index (κ3) is 2.40. The second-order valence-corrected chi connectivity index (χ2v) is 2.43. The van der Waals surface area contributed by atoms with E-state index in [1.807, 2.05) is 6.07 Å². The topological polar surface area (TPSA) is 65.9 Å². The van der Waals surface area contributed by atoms with Crippen molar-refractivity contribution < 1.29 is 9.53 Å². The lowest BCUT2D eigenvalue weighted by molar-refractivity contribution is 0.0595. The van der Waals surface area contributed by atoms with Gasteiger partial charge >= 0.3 is 5.97 Å². The van der Waals surface area contributed by atoms with Crippen LogP contribution in [0, 0.1) is 23.2 Å². The lowest BCUT2D eigenvalue weighted by atomic mass is 10.3. The number of hydrogen-bond donors (Lipinski definition) is 1. The van der Waals surface area contributed by atoms with Gasteiger partial charge in [-0.25, -0.2) is 4.79 Å². The van der Waals surface area contributed by atoms with Crippen LogP contribution in [0.15, 0.2) is 12.3 Å². The number of rotatable bonds is 1. The molecule has 1 N–H and O–H groups in total. The average molecular weight is 188 g/mol. The van der Waals surface area contributed by atoms with Crippen molar-refractivity contribution in [3.05, 3.63) is 23.5 Å². The second kappa shape index (κ2) is 4.74. The Bertz CT molecular complexity index is 429. The predicted octanol–water partition coefficient (Wildman–Crippen LogP) is 1.07. The first-order valence-corrected chi connectivity index (χ1v) is 3.90. The van der Waals surface area contributed by atoms with Crippen LogP contribution in [0.5, 0.6) is 0 Å². The Labute approximate surface area is 81.5 Å². The van der Waals surface area contributed by atoms with Crippen LogP contribution in [0.25, 0.3) is 0 Å². The van der Waals surface area contributed by atoms with Gasteiger partial charge in [-0.1, -0.05) is 11.8 Å². The van der Waals surface area contributed by atoms with Gasteiger partial charge in [0.05, 0.1) is 19.6 Å². The number of aromatic amines is 1. The number of carbonyl (C=O) groups is 1. The molecule has 0 fully saturated rings. The van der Waals surface area contributed by atoms with Crippen molar-refractivity contribution in [3.63, 3.8) is 0 Å². The standard InChI is InChI=1S/C10H8N2O2/c1-14-10(13)9-6-8(7-12-9)4-2-3-5-11/h6-7,12H,3H2,1H3. The molecule has 0 spiro atoms. The van der Waals surface area contributed by atoms with Gasteiger partial charge in [-0.3, -0.25) is 0 Å². The van der Waals surface area contributed by atoms with E-state index in [0.717, 1.165) is 0 Å². The molecule has 70 valence electrons. The Morgan fingerprint density at radius 1 is 1.71 bits per heavy atom. The van der Waals surface area contributed by atoms with Crippen molar-refractivity contribution in [2.45, 2.75) is 6.42 Å². The van der Waals surface area contributed by atoms with Gasteiger partial charge in [0.25, 0.3) is 0 Å². The number of methoxy groups -OCH3 is 1. The van der Waals surface area contributed by atoms with Gasteiger partial charge in [0.1, 0.15) is 5.69 Å². The molecule has 0 saturated heterocycles. The van der Waals surface area contributed by atoms with Crippen molar-refractivity contribution in [1.29, 1.82) is 5.26 Å². The number of aromatic nitrogens is 1. The zero-order chi connectivity index (χ0) is 10.4. The van der Waals surface area contributed by atoms with Crippen LogP contribution in [0.2, 0.25) is 0 Å². The molecule has 4 nitrogen and oxygen atoms in total. The van der Waals surface area contributed by atoms with E-state index in [1.165, 1.54) is 7.11 Å². The summed E-state index contributed by atoms with van der Waals surface area (Å²) in [6.07, 6.45) is 1.77. The van der Waals surface area contributed by atoms with Gasteiger partial charge in [0, 0.05) is 11.8 Å². The van der Waals surface area contributed by atoms with Gasteiger partial charge in [0.15, 0.2) is 0 Å². The number of nitriles is 1. The average Bonchev–Trinajstić information content (AvgIpc) is 2.66. The van der Waals surface area contributed by atoms with Gasteiger partial charge in [-0.2, -0.15) is 5.26 Å². The highest BCUT2D eigenvalue weighted by Gasteiger charge is 2.06. The Kier molecular flexibility index (Phi) is 3.34. The minimum absolute atomic E-state index is 0.179. The zero-order valence-electron chi connectivity index (χ0n) is 7.63. The molecular formula is C10H8N2O2. The molecule has 0 bridgehead atoms. The van der Waals surface area contributed by atoms with Crippen LogP contribution in [0.1, 0.15) is 22.5 Å². The highest BCUT2D eigenvalue weighted by molar-refractivity contribution is 5.87. The lowest BCUT2D eigenvalue weighted by Gasteiger charge is -1.91. The molecule has 0 aliphatic carbocycles. The van der Waals surface area contributed by atoms with E-state index < -0.39 is 5.97 Å². The van der Waals surface area contributed by atoms with E-state index in [2.05, 4.69) is 21.6 Å². The number of hydrogen-bond acceptors (Lipinski definition) is 3. The number of ether oxygens (including phenoxy) is 1. The van der Waals surface area contributed by atoms with Crippen molar-refractivity contribution in [2.24, 2.45) is 0 Å². The molecule has 1 aromatic heterocycles. The molecule has 0 aliphatic heterocycles. The highest BCUT2D eigenvalue weighted by atomic mass is 16.5. The molecule has 0 saturated carbocycles. The smallest absolute Gasteiger partial charge is 0.354 e. The largest absolute Gasteiger partial charge is 0.464 e. The van der Waals surface area contributed by atoms with Crippen molar-refractivity contribution in [3.8, 4) is 17.9 Å². The predicted molar refractivity (Wildman–Crippen MR) is 49.2 cm³/mol. The van der Waals surface area contributed by atoms with Gasteiger partial charge in [-0.05, 0) is 6.07 Å². The minimum Gasteiger partial charge on any atom is -0.464 e. The SMILES string of the molecule is COC(=O)c1cc(C#CCC#N)c[nH]1. The Morgan fingerprint density at radius 3 is 3.14 bits per heavy atom. The molecule has 0 aliphatic rings. The highest BCUT2D eigenvalue weighted by Crippen LogP contribution is 2.02. The number of nitrogens with zero attached hydrogens (tertiary/aromatic N) is 1. The lowest BCUT2D eigenvalue weighted by Crippen LogP contribution is -2.00. The molecule has 0 aromatic carbocycles. The number of esters is 1. The first kappa shape index (κ1) is 9.88. The summed E-state index contributed by atoms with van der Waals surface area (Å²) < 4.78 is 4.50. The molecular weight excluding hydrogens is 180 g/mol. The van der Waals surface area contributed by atoms with Gasteiger partial charge in [-0.15, -0.1) is 0 Å². The first-order valence-electron chi connectivity index (χ1n) is 3.90. The Hall–Kier alpha value is -2.20. The molecule has 1 rings (SSSR count). The molecule has 0 atom stereocenters. The third-order valence-electron chi connectivity index (χ3n) is 1.49. The van der Waals surface area contributed by atoms with Gasteiger partial charge in [0.2, 0.25) is 0 Å². The van der Waals surface area contributed by atoms with Crippen LogP contribution in [-0.4, -0.2) is 18.1 Å². The quantitative estimate of drug-likeness (QED) is 0.529. The summed E-state index contributed by atoms with van der Waals surface area (Å²) in [4.78, 5) is 13.7. The zero-order valence-corrected chi connectivity index (χ0v) is 7.63. The van der Waals surface area contributed by atoms with Crippen LogP contribution in [-0.2, 0) is 4.74 Å². The summed E-state index contributed by atoms with van der Waals surface area (Å²) in [5.41, 5.74) is 1.02. The first-order chi connectivity index (χ1) is 6.77. The summed E-state index contributed by atoms with van der Waals surface area (Å²) in [5, 5.41) is 8.24. The van der Waals surface area contributed by atoms with Crippen molar-refractivity contribution in [2.75, 3.05) is 7.11 Å². The number of H-pyrrole nitrogens is 1. The molecule has 0 unspecified atom stereocenters. The van der Waals surface area contributed by atoms with Crippen LogP contribution >= 0.6 is 0 Å². The maximum atomic E-state index is 11.0. The summed E-state index contributed by atoms with van der Waals surface area (Å²) in [6.45, 7) is 0. The molecule has 1 aromatic rings. The normalized spacial score (nSPS) is 8.29. The number of nitrogens with one attached hydrogen (secondary N) is 1. The maximum absolute atomic E-state index is 11.0. The fourth-order valence-corrected chi connectivity index (χ4v) is 0.880. The van der Waals surface area contributed by atoms with E-state index in [4.69, 9.17) is 5.26 Å². The molecule has 0 amide bonds. The van der Waals surface area contributed by atoms with Crippen LogP contribution in [0.4, 0.5) is 0 Å².